The van der Waals surface area contributed by atoms with E-state index < -0.39 is 21.9 Å². The summed E-state index contributed by atoms with van der Waals surface area (Å²) in [5.74, 6) is -1.81. The first kappa shape index (κ1) is 26.6. The van der Waals surface area contributed by atoms with E-state index in [1.807, 2.05) is 13.8 Å². The van der Waals surface area contributed by atoms with Crippen LogP contribution < -0.4 is 14.8 Å². The van der Waals surface area contributed by atoms with Crippen molar-refractivity contribution in [2.75, 3.05) is 11.9 Å². The summed E-state index contributed by atoms with van der Waals surface area (Å²) in [7, 11) is -4.11. The van der Waals surface area contributed by atoms with Crippen molar-refractivity contribution in [3.05, 3.63) is 83.9 Å². The molecule has 4 rings (SSSR count). The zero-order valence-electron chi connectivity index (χ0n) is 20.8. The minimum absolute atomic E-state index is 0.0239. The van der Waals surface area contributed by atoms with Crippen LogP contribution in [0, 0.1) is 12.8 Å². The highest BCUT2D eigenvalue weighted by Gasteiger charge is 2.26. The van der Waals surface area contributed by atoms with E-state index in [1.54, 1.807) is 36.4 Å². The van der Waals surface area contributed by atoms with Crippen LogP contribution in [0.3, 0.4) is 0 Å². The number of para-hydroxylation sites is 1. The molecule has 3 N–H and O–H groups in total. The molecule has 0 fully saturated rings. The molecule has 0 unspecified atom stereocenters. The summed E-state index contributed by atoms with van der Waals surface area (Å²) in [5, 5.41) is 16.4. The van der Waals surface area contributed by atoms with E-state index in [9.17, 15) is 23.1 Å². The molecular weight excluding hydrogens is 512 g/mol. The molecule has 11 nitrogen and oxygen atoms in total. The number of benzene rings is 2. The summed E-state index contributed by atoms with van der Waals surface area (Å²) in [6, 6.07) is 15.8. The van der Waals surface area contributed by atoms with Crippen molar-refractivity contribution >= 4 is 27.6 Å². The Morgan fingerprint density at radius 3 is 2.47 bits per heavy atom. The van der Waals surface area contributed by atoms with Gasteiger partial charge in [0, 0.05) is 17.8 Å². The number of furan rings is 1. The van der Waals surface area contributed by atoms with Crippen LogP contribution in [0.25, 0.3) is 5.69 Å². The maximum atomic E-state index is 13.3. The molecule has 0 aliphatic heterocycles. The van der Waals surface area contributed by atoms with Crippen LogP contribution in [0.1, 0.15) is 40.5 Å². The van der Waals surface area contributed by atoms with E-state index >= 15 is 0 Å². The van der Waals surface area contributed by atoms with E-state index in [-0.39, 0.29) is 51.7 Å². The van der Waals surface area contributed by atoms with Crippen molar-refractivity contribution in [1.82, 2.24) is 14.5 Å². The number of carboxylic acid groups (broad SMARTS) is 1. The highest BCUT2D eigenvalue weighted by Crippen LogP contribution is 2.35. The van der Waals surface area contributed by atoms with Crippen LogP contribution in [0.2, 0.25) is 0 Å². The van der Waals surface area contributed by atoms with E-state index in [2.05, 4.69) is 15.1 Å². The molecule has 1 amide bonds. The zero-order chi connectivity index (χ0) is 27.4. The summed E-state index contributed by atoms with van der Waals surface area (Å²) in [6.45, 7) is 5.40. The first-order valence-electron chi connectivity index (χ1n) is 11.6. The third-order valence-corrected chi connectivity index (χ3v) is 6.84. The van der Waals surface area contributed by atoms with Crippen molar-refractivity contribution in [2.24, 2.45) is 5.92 Å². The van der Waals surface area contributed by atoms with Gasteiger partial charge in [-0.15, -0.1) is 0 Å². The second-order valence-corrected chi connectivity index (χ2v) is 10.5. The van der Waals surface area contributed by atoms with Gasteiger partial charge in [-0.25, -0.2) is 17.9 Å². The Morgan fingerprint density at radius 2 is 1.84 bits per heavy atom. The Kier molecular flexibility index (Phi) is 7.65. The third kappa shape index (κ3) is 5.76. The van der Waals surface area contributed by atoms with E-state index in [1.165, 1.54) is 42.1 Å². The van der Waals surface area contributed by atoms with Gasteiger partial charge in [0.25, 0.3) is 5.91 Å². The minimum atomic E-state index is -4.11. The second-order valence-electron chi connectivity index (χ2n) is 8.77. The van der Waals surface area contributed by atoms with Gasteiger partial charge in [-0.05, 0) is 55.3 Å². The normalized spacial score (nSPS) is 11.5. The molecule has 2 aromatic heterocycles. The Bertz CT molecular complexity index is 1560. The first-order chi connectivity index (χ1) is 18.1. The number of amides is 1. The monoisotopic (exact) mass is 538 g/mol. The number of ether oxygens (including phenoxy) is 1. The molecule has 0 atom stereocenters. The van der Waals surface area contributed by atoms with Gasteiger partial charge in [-0.3, -0.25) is 4.79 Å². The summed E-state index contributed by atoms with van der Waals surface area (Å²) in [6.07, 6.45) is 1.35. The number of nitrogens with zero attached hydrogens (tertiary/aromatic N) is 2. The predicted octanol–water partition coefficient (Wildman–Crippen LogP) is 4.45. The average molecular weight is 539 g/mol. The Morgan fingerprint density at radius 1 is 1.11 bits per heavy atom. The Labute approximate surface area is 219 Å². The number of aromatic carboxylic acids is 1. The number of carboxylic acids is 1. The van der Waals surface area contributed by atoms with Gasteiger partial charge in [0.1, 0.15) is 10.6 Å². The SMILES string of the molecule is Cc1c(C(=O)O)nn(-c2ccccc2)c1Oc1ccc(NC(=O)c2ccco2)cc1S(=O)(=O)NCC(C)C. The summed E-state index contributed by atoms with van der Waals surface area (Å²) in [4.78, 5) is 24.0. The molecule has 4 aromatic rings. The lowest BCUT2D eigenvalue weighted by Crippen LogP contribution is -2.28. The fourth-order valence-corrected chi connectivity index (χ4v) is 4.85. The molecule has 0 bridgehead atoms. The number of hydrogen-bond acceptors (Lipinski definition) is 7. The van der Waals surface area contributed by atoms with Gasteiger partial charge in [0.15, 0.2) is 11.5 Å². The first-order valence-corrected chi connectivity index (χ1v) is 13.1. The molecule has 198 valence electrons. The Hall–Kier alpha value is -4.42. The van der Waals surface area contributed by atoms with E-state index in [4.69, 9.17) is 9.15 Å². The van der Waals surface area contributed by atoms with Crippen LogP contribution in [0.5, 0.6) is 11.6 Å². The van der Waals surface area contributed by atoms with Crippen molar-refractivity contribution in [3.8, 4) is 17.3 Å². The van der Waals surface area contributed by atoms with Gasteiger partial charge in [-0.1, -0.05) is 32.0 Å². The lowest BCUT2D eigenvalue weighted by Gasteiger charge is -2.16. The highest BCUT2D eigenvalue weighted by molar-refractivity contribution is 7.89. The number of rotatable bonds is 10. The van der Waals surface area contributed by atoms with Gasteiger partial charge < -0.3 is 19.6 Å². The maximum Gasteiger partial charge on any atom is 0.356 e. The van der Waals surface area contributed by atoms with Gasteiger partial charge in [0.05, 0.1) is 12.0 Å². The molecule has 0 aliphatic rings. The molecule has 38 heavy (non-hydrogen) atoms. The number of nitrogens with one attached hydrogen (secondary N) is 2. The molecule has 2 aromatic carbocycles. The molecular formula is C26H26N4O7S. The van der Waals surface area contributed by atoms with Gasteiger partial charge >= 0.3 is 5.97 Å². The van der Waals surface area contributed by atoms with Crippen LogP contribution in [0.4, 0.5) is 5.69 Å². The van der Waals surface area contributed by atoms with Crippen molar-refractivity contribution in [2.45, 2.75) is 25.7 Å². The van der Waals surface area contributed by atoms with Crippen LogP contribution >= 0.6 is 0 Å². The quantitative estimate of drug-likeness (QED) is 0.268. The third-order valence-electron chi connectivity index (χ3n) is 5.40. The van der Waals surface area contributed by atoms with Crippen LogP contribution in [-0.2, 0) is 10.0 Å². The maximum absolute atomic E-state index is 13.3. The number of anilines is 1. The van der Waals surface area contributed by atoms with E-state index in [0.29, 0.717) is 5.69 Å². The average Bonchev–Trinajstić information content (AvgIpc) is 3.53. The summed E-state index contributed by atoms with van der Waals surface area (Å²) < 4.78 is 41.7. The number of carbonyl (C=O) groups excluding carboxylic acids is 1. The number of hydrogen-bond donors (Lipinski definition) is 3. The summed E-state index contributed by atoms with van der Waals surface area (Å²) in [5.41, 5.74) is 0.662. The fourth-order valence-electron chi connectivity index (χ4n) is 3.49. The molecule has 0 aliphatic carbocycles. The van der Waals surface area contributed by atoms with Crippen LogP contribution in [-0.4, -0.2) is 41.7 Å². The van der Waals surface area contributed by atoms with Gasteiger partial charge in [-0.2, -0.15) is 9.78 Å². The van der Waals surface area contributed by atoms with Crippen molar-refractivity contribution in [1.29, 1.82) is 0 Å². The molecule has 12 heteroatoms. The van der Waals surface area contributed by atoms with Crippen molar-refractivity contribution in [3.63, 3.8) is 0 Å². The summed E-state index contributed by atoms with van der Waals surface area (Å²) >= 11 is 0. The number of carbonyl (C=O) groups is 2. The zero-order valence-corrected chi connectivity index (χ0v) is 21.7. The fraction of sp³-hybridized carbons (Fsp3) is 0.192. The highest BCUT2D eigenvalue weighted by atomic mass is 32.2. The molecule has 0 spiro atoms. The molecule has 2 heterocycles. The van der Waals surface area contributed by atoms with Crippen molar-refractivity contribution < 1.29 is 32.3 Å². The second kappa shape index (κ2) is 10.9. The molecule has 0 radical (unpaired) electrons. The standard InChI is InChI=1S/C26H26N4O7S/c1-16(2)15-27-38(34,35)22-14-18(28-24(31)21-10-7-13-36-21)11-12-20(22)37-25-17(3)23(26(32)33)29-30(25)19-8-5-4-6-9-19/h4-14,16,27H,15H2,1-3H3,(H,28,31)(H,32,33). The number of aromatic nitrogens is 2. The molecule has 0 saturated heterocycles. The predicted molar refractivity (Wildman–Crippen MR) is 138 cm³/mol. The van der Waals surface area contributed by atoms with Gasteiger partial charge in [0.2, 0.25) is 15.9 Å². The number of sulfonamides is 1. The Balaban J connectivity index is 1.80. The van der Waals surface area contributed by atoms with Crippen LogP contribution in [0.15, 0.2) is 76.2 Å². The lowest BCUT2D eigenvalue weighted by molar-refractivity contribution is 0.0689. The topological polar surface area (TPSA) is 153 Å². The lowest BCUT2D eigenvalue weighted by atomic mass is 10.2. The largest absolute Gasteiger partial charge is 0.476 e. The molecule has 0 saturated carbocycles. The smallest absolute Gasteiger partial charge is 0.356 e. The minimum Gasteiger partial charge on any atom is -0.476 e. The van der Waals surface area contributed by atoms with E-state index in [0.717, 1.165) is 0 Å².